The minimum Gasteiger partial charge on any atom is -0.476 e. The third-order valence-electron chi connectivity index (χ3n) is 3.07. The fourth-order valence-corrected chi connectivity index (χ4v) is 2.00. The lowest BCUT2D eigenvalue weighted by Gasteiger charge is -2.10. The van der Waals surface area contributed by atoms with E-state index in [2.05, 4.69) is 0 Å². The Morgan fingerprint density at radius 2 is 1.78 bits per heavy atom. The molecule has 0 heterocycles. The summed E-state index contributed by atoms with van der Waals surface area (Å²) < 4.78 is 0. The molecule has 0 aliphatic carbocycles. The first-order chi connectivity index (χ1) is 8.58. The van der Waals surface area contributed by atoms with Crippen molar-refractivity contribution in [1.82, 2.24) is 0 Å². The number of hydrogen-bond donors (Lipinski definition) is 1. The van der Waals surface area contributed by atoms with E-state index in [4.69, 9.17) is 5.11 Å². The van der Waals surface area contributed by atoms with Crippen LogP contribution in [-0.4, -0.2) is 16.9 Å². The number of rotatable bonds is 4. The molecule has 0 aliphatic rings. The van der Waals surface area contributed by atoms with Crippen molar-refractivity contribution < 1.29 is 14.7 Å². The number of hydrogen-bond acceptors (Lipinski definition) is 2. The number of fused-ring (bicyclic) bond motifs is 1. The number of aliphatic carboxylic acids is 1. The van der Waals surface area contributed by atoms with Gasteiger partial charge in [-0.15, -0.1) is 0 Å². The maximum Gasteiger partial charge on any atom is 0.372 e. The second kappa shape index (κ2) is 5.00. The highest BCUT2D eigenvalue weighted by Crippen LogP contribution is 2.24. The van der Waals surface area contributed by atoms with Gasteiger partial charge in [0.05, 0.1) is 0 Å². The van der Waals surface area contributed by atoms with Gasteiger partial charge in [0, 0.05) is 6.42 Å². The Balaban J connectivity index is 2.25. The topological polar surface area (TPSA) is 54.4 Å². The van der Waals surface area contributed by atoms with Crippen LogP contribution in [0.25, 0.3) is 10.8 Å². The predicted molar refractivity (Wildman–Crippen MR) is 69.6 cm³/mol. The van der Waals surface area contributed by atoms with Crippen molar-refractivity contribution in [2.45, 2.75) is 19.3 Å². The van der Waals surface area contributed by atoms with E-state index < -0.39 is 11.8 Å². The summed E-state index contributed by atoms with van der Waals surface area (Å²) >= 11 is 0. The largest absolute Gasteiger partial charge is 0.476 e. The summed E-state index contributed by atoms with van der Waals surface area (Å²) in [5, 5.41) is 10.8. The maximum atomic E-state index is 11.2. The third kappa shape index (κ3) is 2.56. The highest BCUT2D eigenvalue weighted by Gasteiger charge is 2.17. The van der Waals surface area contributed by atoms with E-state index in [1.54, 1.807) is 0 Å². The lowest BCUT2D eigenvalue weighted by Crippen LogP contribution is -2.14. The second-order valence-corrected chi connectivity index (χ2v) is 4.44. The molecule has 0 aliphatic heterocycles. The van der Waals surface area contributed by atoms with Crippen molar-refractivity contribution in [3.8, 4) is 0 Å². The molecule has 1 atom stereocenters. The average Bonchev–Trinajstić information content (AvgIpc) is 2.37. The van der Waals surface area contributed by atoms with Crippen molar-refractivity contribution in [2.75, 3.05) is 0 Å². The van der Waals surface area contributed by atoms with Crippen LogP contribution in [0.5, 0.6) is 0 Å². The number of Topliss-reactive ketones (excluding diaryl/α,β-unsaturated/α-hetero) is 1. The van der Waals surface area contributed by atoms with Crippen molar-refractivity contribution in [3.63, 3.8) is 0 Å². The molecule has 0 radical (unpaired) electrons. The Labute approximate surface area is 105 Å². The van der Waals surface area contributed by atoms with Crippen LogP contribution in [-0.2, 0) is 9.59 Å². The van der Waals surface area contributed by atoms with E-state index in [0.717, 1.165) is 16.3 Å². The van der Waals surface area contributed by atoms with Gasteiger partial charge in [-0.2, -0.15) is 0 Å². The first-order valence-corrected chi connectivity index (χ1v) is 5.83. The lowest BCUT2D eigenvalue weighted by molar-refractivity contribution is -0.149. The first-order valence-electron chi connectivity index (χ1n) is 5.83. The van der Waals surface area contributed by atoms with Crippen molar-refractivity contribution >= 4 is 22.5 Å². The van der Waals surface area contributed by atoms with E-state index >= 15 is 0 Å². The molecule has 0 fully saturated rings. The highest BCUT2D eigenvalue weighted by molar-refractivity contribution is 6.32. The quantitative estimate of drug-likeness (QED) is 0.838. The number of carbonyl (C=O) groups excluding carboxylic acids is 1. The van der Waals surface area contributed by atoms with Crippen LogP contribution >= 0.6 is 0 Å². The van der Waals surface area contributed by atoms with Crippen molar-refractivity contribution in [2.24, 2.45) is 0 Å². The minimum absolute atomic E-state index is 0.0354. The monoisotopic (exact) mass is 242 g/mol. The van der Waals surface area contributed by atoms with Crippen LogP contribution in [0.1, 0.15) is 24.8 Å². The second-order valence-electron chi connectivity index (χ2n) is 4.44. The van der Waals surface area contributed by atoms with Crippen LogP contribution in [0.3, 0.4) is 0 Å². The summed E-state index contributed by atoms with van der Waals surface area (Å²) in [6.45, 7) is 1.87. The molecular formula is C15H14O3. The van der Waals surface area contributed by atoms with Crippen LogP contribution in [0, 0.1) is 0 Å². The molecule has 0 aromatic heterocycles. The molecule has 0 saturated heterocycles. The SMILES string of the molecule is CC(CC(=O)C(=O)O)c1ccc2ccccc2c1. The maximum absolute atomic E-state index is 11.2. The molecule has 2 aromatic rings. The number of carboxylic acid groups (broad SMARTS) is 1. The third-order valence-corrected chi connectivity index (χ3v) is 3.07. The van der Waals surface area contributed by atoms with Gasteiger partial charge in [-0.25, -0.2) is 4.79 Å². The van der Waals surface area contributed by atoms with Crippen molar-refractivity contribution in [3.05, 3.63) is 48.0 Å². The molecule has 0 saturated carbocycles. The molecule has 0 bridgehead atoms. The number of benzene rings is 2. The van der Waals surface area contributed by atoms with E-state index in [0.29, 0.717) is 0 Å². The van der Waals surface area contributed by atoms with Gasteiger partial charge in [-0.1, -0.05) is 49.4 Å². The Morgan fingerprint density at radius 1 is 1.11 bits per heavy atom. The van der Waals surface area contributed by atoms with Crippen LogP contribution in [0.2, 0.25) is 0 Å². The molecule has 0 amide bonds. The normalized spacial score (nSPS) is 12.3. The molecular weight excluding hydrogens is 228 g/mol. The van der Waals surface area contributed by atoms with E-state index in [1.807, 2.05) is 49.4 Å². The summed E-state index contributed by atoms with van der Waals surface area (Å²) in [5.74, 6) is -2.18. The number of carbonyl (C=O) groups is 2. The molecule has 3 nitrogen and oxygen atoms in total. The van der Waals surface area contributed by atoms with Gasteiger partial charge in [0.2, 0.25) is 5.78 Å². The molecule has 1 N–H and O–H groups in total. The zero-order chi connectivity index (χ0) is 13.1. The molecule has 2 rings (SSSR count). The smallest absolute Gasteiger partial charge is 0.372 e. The zero-order valence-electron chi connectivity index (χ0n) is 10.1. The Bertz CT molecular complexity index is 601. The van der Waals surface area contributed by atoms with Gasteiger partial charge in [0.25, 0.3) is 0 Å². The average molecular weight is 242 g/mol. The Kier molecular flexibility index (Phi) is 3.42. The minimum atomic E-state index is -1.36. The molecule has 2 aromatic carbocycles. The molecule has 3 heteroatoms. The predicted octanol–water partition coefficient (Wildman–Crippen LogP) is 2.99. The van der Waals surface area contributed by atoms with Gasteiger partial charge >= 0.3 is 5.97 Å². The summed E-state index contributed by atoms with van der Waals surface area (Å²) in [7, 11) is 0. The van der Waals surface area contributed by atoms with Gasteiger partial charge in [0.15, 0.2) is 0 Å². The van der Waals surface area contributed by atoms with Crippen LogP contribution in [0.4, 0.5) is 0 Å². The molecule has 0 spiro atoms. The zero-order valence-corrected chi connectivity index (χ0v) is 10.1. The number of carboxylic acids is 1. The van der Waals surface area contributed by atoms with Crippen LogP contribution in [0.15, 0.2) is 42.5 Å². The summed E-state index contributed by atoms with van der Waals surface area (Å²) in [5.41, 5.74) is 0.989. The lowest BCUT2D eigenvalue weighted by atomic mass is 9.93. The summed E-state index contributed by atoms with van der Waals surface area (Å²) in [6.07, 6.45) is 0.0354. The summed E-state index contributed by atoms with van der Waals surface area (Å²) in [4.78, 5) is 21.7. The highest BCUT2D eigenvalue weighted by atomic mass is 16.4. The Hall–Kier alpha value is -2.16. The molecule has 92 valence electrons. The standard InChI is InChI=1S/C15H14O3/c1-10(8-14(16)15(17)18)12-7-6-11-4-2-3-5-13(11)9-12/h2-7,9-10H,8H2,1H3,(H,17,18). The first kappa shape index (κ1) is 12.3. The molecule has 1 unspecified atom stereocenters. The van der Waals surface area contributed by atoms with Crippen LogP contribution < -0.4 is 0 Å². The van der Waals surface area contributed by atoms with E-state index in [9.17, 15) is 9.59 Å². The van der Waals surface area contributed by atoms with Gasteiger partial charge in [-0.3, -0.25) is 4.79 Å². The van der Waals surface area contributed by atoms with Gasteiger partial charge < -0.3 is 5.11 Å². The van der Waals surface area contributed by atoms with E-state index in [-0.39, 0.29) is 12.3 Å². The fourth-order valence-electron chi connectivity index (χ4n) is 2.00. The van der Waals surface area contributed by atoms with Gasteiger partial charge in [-0.05, 0) is 22.3 Å². The van der Waals surface area contributed by atoms with Gasteiger partial charge in [0.1, 0.15) is 0 Å². The van der Waals surface area contributed by atoms with Crippen molar-refractivity contribution in [1.29, 1.82) is 0 Å². The number of ketones is 1. The molecule has 18 heavy (non-hydrogen) atoms. The van der Waals surface area contributed by atoms with E-state index in [1.165, 1.54) is 0 Å². The summed E-state index contributed by atoms with van der Waals surface area (Å²) in [6, 6.07) is 13.9. The fraction of sp³-hybridized carbons (Fsp3) is 0.200. The Morgan fingerprint density at radius 3 is 2.44 bits per heavy atom.